The fourth-order valence-corrected chi connectivity index (χ4v) is 8.13. The molecule has 0 saturated heterocycles. The van der Waals surface area contributed by atoms with Gasteiger partial charge in [0.05, 0.1) is 16.1 Å². The van der Waals surface area contributed by atoms with Gasteiger partial charge >= 0.3 is 0 Å². The molecule has 1 nitrogen and oxygen atoms in total. The Kier molecular flexibility index (Phi) is 5.41. The van der Waals surface area contributed by atoms with Crippen molar-refractivity contribution in [3.8, 4) is 11.5 Å². The Bertz CT molecular complexity index is 726. The first-order chi connectivity index (χ1) is 11.3. The van der Waals surface area contributed by atoms with Crippen LogP contribution >= 0.6 is 0 Å². The van der Waals surface area contributed by atoms with Crippen LogP contribution in [0.5, 0.6) is 11.5 Å². The fraction of sp³-hybridized carbons (Fsp3) is 0.455. The lowest BCUT2D eigenvalue weighted by atomic mass is 10.1. The topological polar surface area (TPSA) is 9.23 Å². The predicted octanol–water partition coefficient (Wildman–Crippen LogP) is 5.80. The molecule has 0 aromatic heterocycles. The van der Waals surface area contributed by atoms with E-state index in [9.17, 15) is 0 Å². The lowest BCUT2D eigenvalue weighted by Crippen LogP contribution is -2.42. The molecular formula is C22H34OSi2. The van der Waals surface area contributed by atoms with E-state index in [1.807, 2.05) is 0 Å². The SMILES string of the molecule is Cc1ccc(Oc2ccc(C)c(C)c2[Si](C)(C)C)c([Si](C)(C)C)c1C. The van der Waals surface area contributed by atoms with E-state index < -0.39 is 16.1 Å². The molecule has 0 aliphatic rings. The van der Waals surface area contributed by atoms with Gasteiger partial charge in [0.25, 0.3) is 0 Å². The van der Waals surface area contributed by atoms with Crippen molar-refractivity contribution in [2.75, 3.05) is 0 Å². The highest BCUT2D eigenvalue weighted by Gasteiger charge is 2.28. The van der Waals surface area contributed by atoms with Crippen molar-refractivity contribution >= 4 is 26.5 Å². The summed E-state index contributed by atoms with van der Waals surface area (Å²) < 4.78 is 6.63. The third-order valence-electron chi connectivity index (χ3n) is 5.12. The van der Waals surface area contributed by atoms with Crippen LogP contribution in [0.1, 0.15) is 22.3 Å². The third-order valence-corrected chi connectivity index (χ3v) is 9.36. The van der Waals surface area contributed by atoms with Gasteiger partial charge in [-0.05, 0) is 72.5 Å². The minimum atomic E-state index is -1.51. The van der Waals surface area contributed by atoms with Crippen molar-refractivity contribution in [1.29, 1.82) is 0 Å². The monoisotopic (exact) mass is 370 g/mol. The van der Waals surface area contributed by atoms with Crippen LogP contribution < -0.4 is 15.1 Å². The molecule has 0 atom stereocenters. The molecule has 0 amide bonds. The third kappa shape index (κ3) is 4.09. The number of rotatable bonds is 4. The van der Waals surface area contributed by atoms with Gasteiger partial charge in [-0.15, -0.1) is 0 Å². The van der Waals surface area contributed by atoms with Gasteiger partial charge in [0.15, 0.2) is 0 Å². The average Bonchev–Trinajstić information content (AvgIpc) is 2.44. The number of benzene rings is 2. The molecule has 2 aromatic rings. The highest BCUT2D eigenvalue weighted by atomic mass is 28.3. The molecule has 2 aromatic carbocycles. The van der Waals surface area contributed by atoms with Crippen molar-refractivity contribution in [2.24, 2.45) is 0 Å². The molecule has 0 heterocycles. The smallest absolute Gasteiger partial charge is 0.126 e. The Hall–Kier alpha value is -1.33. The van der Waals surface area contributed by atoms with Gasteiger partial charge in [0.2, 0.25) is 0 Å². The molecule has 0 N–H and O–H groups in total. The maximum atomic E-state index is 6.63. The van der Waals surface area contributed by atoms with Crippen LogP contribution in [-0.4, -0.2) is 16.1 Å². The lowest BCUT2D eigenvalue weighted by Gasteiger charge is -2.28. The second-order valence-electron chi connectivity index (χ2n) is 9.36. The summed E-state index contributed by atoms with van der Waals surface area (Å²) in [7, 11) is -3.02. The Morgan fingerprint density at radius 2 is 0.880 bits per heavy atom. The maximum Gasteiger partial charge on any atom is 0.126 e. The van der Waals surface area contributed by atoms with E-state index in [0.717, 1.165) is 11.5 Å². The molecule has 0 aliphatic heterocycles. The van der Waals surface area contributed by atoms with Gasteiger partial charge < -0.3 is 4.74 Å². The van der Waals surface area contributed by atoms with Crippen molar-refractivity contribution < 1.29 is 4.74 Å². The first-order valence-corrected chi connectivity index (χ1v) is 16.2. The molecule has 0 unspecified atom stereocenters. The largest absolute Gasteiger partial charge is 0.458 e. The summed E-state index contributed by atoms with van der Waals surface area (Å²) in [5.41, 5.74) is 5.51. The molecule has 0 fully saturated rings. The summed E-state index contributed by atoms with van der Waals surface area (Å²) in [4.78, 5) is 0. The summed E-state index contributed by atoms with van der Waals surface area (Å²) in [5, 5.41) is 2.90. The summed E-state index contributed by atoms with van der Waals surface area (Å²) in [6.07, 6.45) is 0. The van der Waals surface area contributed by atoms with Crippen molar-refractivity contribution in [1.82, 2.24) is 0 Å². The molecule has 2 rings (SSSR count). The standard InChI is InChI=1S/C22H34OSi2/c1-15-11-13-19(21(17(15)3)24(5,6)7)23-20-14-12-16(2)18(4)22(20)25(8,9)10/h11-14H,1-10H3. The van der Waals surface area contributed by atoms with E-state index >= 15 is 0 Å². The average molecular weight is 371 g/mol. The number of aryl methyl sites for hydroxylation is 2. The highest BCUT2D eigenvalue weighted by Crippen LogP contribution is 2.28. The van der Waals surface area contributed by atoms with Crippen LogP contribution in [0.2, 0.25) is 39.3 Å². The molecule has 0 radical (unpaired) electrons. The van der Waals surface area contributed by atoms with E-state index in [4.69, 9.17) is 4.74 Å². The molecule has 0 saturated carbocycles. The molecule has 3 heteroatoms. The zero-order valence-corrected chi connectivity index (χ0v) is 19.7. The minimum absolute atomic E-state index is 1.06. The number of hydrogen-bond donors (Lipinski definition) is 0. The van der Waals surface area contributed by atoms with E-state index in [1.54, 1.807) is 0 Å². The first kappa shape index (κ1) is 20.0. The van der Waals surface area contributed by atoms with Crippen LogP contribution in [0.3, 0.4) is 0 Å². The van der Waals surface area contributed by atoms with Crippen LogP contribution in [0, 0.1) is 27.7 Å². The fourth-order valence-electron chi connectivity index (χ4n) is 3.73. The van der Waals surface area contributed by atoms with Crippen molar-refractivity contribution in [3.63, 3.8) is 0 Å². The zero-order valence-electron chi connectivity index (χ0n) is 17.7. The van der Waals surface area contributed by atoms with E-state index in [-0.39, 0.29) is 0 Å². The van der Waals surface area contributed by atoms with Crippen molar-refractivity contribution in [3.05, 3.63) is 46.5 Å². The number of hydrogen-bond acceptors (Lipinski definition) is 1. The summed E-state index contributed by atoms with van der Waals surface area (Å²) in [6, 6.07) is 8.76. The summed E-state index contributed by atoms with van der Waals surface area (Å²) >= 11 is 0. The van der Waals surface area contributed by atoms with Crippen LogP contribution in [0.4, 0.5) is 0 Å². The van der Waals surface area contributed by atoms with Gasteiger partial charge in [-0.25, -0.2) is 0 Å². The Balaban J connectivity index is 2.67. The van der Waals surface area contributed by atoms with E-state index in [2.05, 4.69) is 91.2 Å². The molecule has 136 valence electrons. The van der Waals surface area contributed by atoms with Gasteiger partial charge in [-0.1, -0.05) is 51.4 Å². The van der Waals surface area contributed by atoms with Gasteiger partial charge in [-0.3, -0.25) is 0 Å². The predicted molar refractivity (Wildman–Crippen MR) is 118 cm³/mol. The summed E-state index contributed by atoms with van der Waals surface area (Å²) in [6.45, 7) is 23.3. The zero-order chi connectivity index (χ0) is 19.2. The van der Waals surface area contributed by atoms with Crippen LogP contribution in [0.25, 0.3) is 0 Å². The minimum Gasteiger partial charge on any atom is -0.458 e. The molecular weight excluding hydrogens is 336 g/mol. The maximum absolute atomic E-state index is 6.63. The van der Waals surface area contributed by atoms with Gasteiger partial charge in [0, 0.05) is 0 Å². The Labute approximate surface area is 156 Å². The molecule has 0 bridgehead atoms. The summed E-state index contributed by atoms with van der Waals surface area (Å²) in [5.74, 6) is 2.12. The van der Waals surface area contributed by atoms with E-state index in [1.165, 1.54) is 32.6 Å². The van der Waals surface area contributed by atoms with Gasteiger partial charge in [-0.2, -0.15) is 0 Å². The Morgan fingerprint density at radius 1 is 0.560 bits per heavy atom. The quantitative estimate of drug-likeness (QED) is 0.618. The van der Waals surface area contributed by atoms with E-state index in [0.29, 0.717) is 0 Å². The lowest BCUT2D eigenvalue weighted by molar-refractivity contribution is 0.489. The first-order valence-electron chi connectivity index (χ1n) is 9.23. The molecule has 25 heavy (non-hydrogen) atoms. The van der Waals surface area contributed by atoms with Gasteiger partial charge in [0.1, 0.15) is 11.5 Å². The van der Waals surface area contributed by atoms with Crippen LogP contribution in [-0.2, 0) is 0 Å². The molecule has 0 spiro atoms. The highest BCUT2D eigenvalue weighted by molar-refractivity contribution is 6.90. The second-order valence-corrected chi connectivity index (χ2v) is 19.4. The normalized spacial score (nSPS) is 12.4. The van der Waals surface area contributed by atoms with Crippen LogP contribution in [0.15, 0.2) is 24.3 Å². The second kappa shape index (κ2) is 6.77. The number of ether oxygens (including phenoxy) is 1. The van der Waals surface area contributed by atoms with Crippen molar-refractivity contribution in [2.45, 2.75) is 67.0 Å². The molecule has 0 aliphatic carbocycles. The Morgan fingerprint density at radius 3 is 1.16 bits per heavy atom.